The first kappa shape index (κ1) is 16.2. The van der Waals surface area contributed by atoms with Gasteiger partial charge in [0.05, 0.1) is 5.39 Å². The van der Waals surface area contributed by atoms with Crippen LogP contribution < -0.4 is 4.57 Å². The number of fused-ring (bicyclic) bond motifs is 2. The van der Waals surface area contributed by atoms with Crippen molar-refractivity contribution in [1.82, 2.24) is 4.98 Å². The molecule has 0 bridgehead atoms. The molecule has 0 fully saturated rings. The van der Waals surface area contributed by atoms with Crippen LogP contribution in [0.1, 0.15) is 23.1 Å². The summed E-state index contributed by atoms with van der Waals surface area (Å²) in [7, 11) is 2.15. The minimum absolute atomic E-state index is 1.16. The highest BCUT2D eigenvalue weighted by molar-refractivity contribution is 5.96. The minimum atomic E-state index is 1.16. The van der Waals surface area contributed by atoms with Gasteiger partial charge in [-0.15, -0.1) is 0 Å². The second-order valence-corrected chi connectivity index (χ2v) is 7.61. The van der Waals surface area contributed by atoms with Gasteiger partial charge < -0.3 is 0 Å². The summed E-state index contributed by atoms with van der Waals surface area (Å²) in [5.41, 5.74) is 9.46. The first-order valence-corrected chi connectivity index (χ1v) is 9.66. The molecule has 2 heterocycles. The molecule has 0 saturated carbocycles. The number of nitrogens with zero attached hydrogens (tertiary/aromatic N) is 2. The SMILES string of the molecule is Cc1cc2c(cc1-c1c3ccc(-c4cccnc4)cc3cc[n+]1C)CCC2. The Morgan fingerprint density at radius 1 is 0.926 bits per heavy atom. The van der Waals surface area contributed by atoms with Crippen LogP contribution >= 0.6 is 0 Å². The smallest absolute Gasteiger partial charge is 0.220 e. The molecular weight excluding hydrogens is 328 g/mol. The molecule has 2 aromatic heterocycles. The van der Waals surface area contributed by atoms with E-state index < -0.39 is 0 Å². The van der Waals surface area contributed by atoms with Crippen LogP contribution in [0.2, 0.25) is 0 Å². The van der Waals surface area contributed by atoms with Crippen molar-refractivity contribution in [2.24, 2.45) is 7.05 Å². The number of aromatic nitrogens is 2. The molecule has 0 unspecified atom stereocenters. The van der Waals surface area contributed by atoms with E-state index in [1.54, 1.807) is 0 Å². The standard InChI is InChI=1S/C25H23N2/c1-17-13-18-5-3-6-19(18)15-24(17)25-23-9-8-20(22-7-4-11-26-16-22)14-21(23)10-12-27(25)2/h4,7-16H,3,5-6H2,1-2H3/q+1. The maximum Gasteiger partial charge on any atom is 0.220 e. The average Bonchev–Trinajstić information content (AvgIpc) is 3.15. The predicted molar refractivity (Wildman–Crippen MR) is 111 cm³/mol. The molecule has 0 radical (unpaired) electrons. The van der Waals surface area contributed by atoms with E-state index in [9.17, 15) is 0 Å². The Morgan fingerprint density at radius 3 is 2.59 bits per heavy atom. The van der Waals surface area contributed by atoms with E-state index in [2.05, 4.69) is 72.2 Å². The highest BCUT2D eigenvalue weighted by atomic mass is 14.9. The lowest BCUT2D eigenvalue weighted by molar-refractivity contribution is -0.659. The summed E-state index contributed by atoms with van der Waals surface area (Å²) in [6.45, 7) is 2.25. The zero-order chi connectivity index (χ0) is 18.4. The molecule has 0 spiro atoms. The Labute approximate surface area is 160 Å². The van der Waals surface area contributed by atoms with Gasteiger partial charge in [-0.3, -0.25) is 4.98 Å². The van der Waals surface area contributed by atoms with E-state index in [0.717, 1.165) is 5.56 Å². The van der Waals surface area contributed by atoms with Crippen LogP contribution in [0.25, 0.3) is 33.2 Å². The number of hydrogen-bond donors (Lipinski definition) is 0. The van der Waals surface area contributed by atoms with Gasteiger partial charge in [-0.05, 0) is 78.1 Å². The molecule has 4 aromatic rings. The van der Waals surface area contributed by atoms with E-state index in [0.29, 0.717) is 0 Å². The largest absolute Gasteiger partial charge is 0.264 e. The van der Waals surface area contributed by atoms with Gasteiger partial charge in [-0.25, -0.2) is 4.57 Å². The van der Waals surface area contributed by atoms with Gasteiger partial charge in [0.2, 0.25) is 5.69 Å². The zero-order valence-electron chi connectivity index (χ0n) is 15.9. The maximum absolute atomic E-state index is 4.26. The van der Waals surface area contributed by atoms with Crippen molar-refractivity contribution in [3.8, 4) is 22.4 Å². The average molecular weight is 351 g/mol. The predicted octanol–water partition coefficient (Wildman–Crippen LogP) is 5.19. The number of hydrogen-bond acceptors (Lipinski definition) is 1. The van der Waals surface area contributed by atoms with Gasteiger partial charge >= 0.3 is 0 Å². The third-order valence-electron chi connectivity index (χ3n) is 5.83. The van der Waals surface area contributed by atoms with E-state index in [-0.39, 0.29) is 0 Å². The topological polar surface area (TPSA) is 16.8 Å². The van der Waals surface area contributed by atoms with E-state index in [1.165, 1.54) is 63.5 Å². The zero-order valence-corrected chi connectivity index (χ0v) is 15.9. The summed E-state index contributed by atoms with van der Waals surface area (Å²) in [6, 6.07) is 17.9. The molecule has 0 N–H and O–H groups in total. The molecule has 1 aliphatic rings. The summed E-state index contributed by atoms with van der Waals surface area (Å²) in [6.07, 6.45) is 9.65. The van der Waals surface area contributed by atoms with E-state index >= 15 is 0 Å². The Balaban J connectivity index is 1.72. The summed E-state index contributed by atoms with van der Waals surface area (Å²) >= 11 is 0. The lowest BCUT2D eigenvalue weighted by Gasteiger charge is -2.11. The molecule has 0 saturated heterocycles. The van der Waals surface area contributed by atoms with Crippen LogP contribution in [-0.2, 0) is 19.9 Å². The molecule has 0 atom stereocenters. The van der Waals surface area contributed by atoms with Crippen LogP contribution in [-0.4, -0.2) is 4.98 Å². The summed E-state index contributed by atoms with van der Waals surface area (Å²) < 4.78 is 2.26. The molecule has 1 aliphatic carbocycles. The van der Waals surface area contributed by atoms with Gasteiger partial charge in [0.25, 0.3) is 0 Å². The van der Waals surface area contributed by atoms with Crippen molar-refractivity contribution in [2.75, 3.05) is 0 Å². The van der Waals surface area contributed by atoms with Crippen molar-refractivity contribution in [2.45, 2.75) is 26.2 Å². The molecule has 132 valence electrons. The van der Waals surface area contributed by atoms with E-state index in [1.807, 2.05) is 18.5 Å². The summed E-state index contributed by atoms with van der Waals surface area (Å²) in [5, 5.41) is 2.57. The molecule has 2 aromatic carbocycles. The molecule has 5 rings (SSSR count). The number of benzene rings is 2. The van der Waals surface area contributed by atoms with Gasteiger partial charge in [0.1, 0.15) is 7.05 Å². The monoisotopic (exact) mass is 351 g/mol. The molecule has 27 heavy (non-hydrogen) atoms. The molecule has 2 heteroatoms. The van der Waals surface area contributed by atoms with E-state index in [4.69, 9.17) is 0 Å². The molecular formula is C25H23N2+. The van der Waals surface area contributed by atoms with Crippen LogP contribution in [0, 0.1) is 6.92 Å². The van der Waals surface area contributed by atoms with Crippen molar-refractivity contribution in [1.29, 1.82) is 0 Å². The summed E-state index contributed by atoms with van der Waals surface area (Å²) in [5.74, 6) is 0. The normalized spacial score (nSPS) is 13.1. The Morgan fingerprint density at radius 2 is 1.78 bits per heavy atom. The first-order chi connectivity index (χ1) is 13.2. The number of aryl methyl sites for hydroxylation is 4. The van der Waals surface area contributed by atoms with Crippen LogP contribution in [0.15, 0.2) is 67.1 Å². The van der Waals surface area contributed by atoms with Gasteiger partial charge in [-0.2, -0.15) is 0 Å². The van der Waals surface area contributed by atoms with Crippen molar-refractivity contribution in [3.05, 3.63) is 83.8 Å². The Hall–Kier alpha value is -3.00. The number of pyridine rings is 2. The highest BCUT2D eigenvalue weighted by Gasteiger charge is 2.21. The summed E-state index contributed by atoms with van der Waals surface area (Å²) in [4.78, 5) is 4.26. The maximum atomic E-state index is 4.26. The van der Waals surface area contributed by atoms with Crippen LogP contribution in [0.4, 0.5) is 0 Å². The van der Waals surface area contributed by atoms with Crippen LogP contribution in [0.3, 0.4) is 0 Å². The minimum Gasteiger partial charge on any atom is -0.264 e. The van der Waals surface area contributed by atoms with Crippen LogP contribution in [0.5, 0.6) is 0 Å². The molecule has 2 nitrogen and oxygen atoms in total. The van der Waals surface area contributed by atoms with Crippen molar-refractivity contribution in [3.63, 3.8) is 0 Å². The second-order valence-electron chi connectivity index (χ2n) is 7.61. The lowest BCUT2D eigenvalue weighted by atomic mass is 9.94. The molecule has 0 aliphatic heterocycles. The van der Waals surface area contributed by atoms with Gasteiger partial charge in [-0.1, -0.05) is 18.2 Å². The Kier molecular flexibility index (Phi) is 3.78. The van der Waals surface area contributed by atoms with Gasteiger partial charge in [0, 0.05) is 29.6 Å². The first-order valence-electron chi connectivity index (χ1n) is 9.66. The van der Waals surface area contributed by atoms with Crippen molar-refractivity contribution < 1.29 is 4.57 Å². The highest BCUT2D eigenvalue weighted by Crippen LogP contribution is 2.34. The fraction of sp³-hybridized carbons (Fsp3) is 0.200. The molecule has 0 amide bonds. The third kappa shape index (κ3) is 2.73. The third-order valence-corrected chi connectivity index (χ3v) is 5.83. The fourth-order valence-corrected chi connectivity index (χ4v) is 4.42. The number of rotatable bonds is 2. The van der Waals surface area contributed by atoms with Crippen molar-refractivity contribution >= 4 is 10.8 Å². The Bertz CT molecular complexity index is 1160. The lowest BCUT2D eigenvalue weighted by Crippen LogP contribution is -2.30. The van der Waals surface area contributed by atoms with Gasteiger partial charge in [0.15, 0.2) is 6.20 Å². The quantitative estimate of drug-likeness (QED) is 0.454. The fourth-order valence-electron chi connectivity index (χ4n) is 4.42. The second kappa shape index (κ2) is 6.31.